The summed E-state index contributed by atoms with van der Waals surface area (Å²) in [7, 11) is 4.13. The predicted molar refractivity (Wildman–Crippen MR) is 88.0 cm³/mol. The zero-order valence-electron chi connectivity index (χ0n) is 12.7. The van der Waals surface area contributed by atoms with Gasteiger partial charge in [-0.25, -0.2) is 4.52 Å². The van der Waals surface area contributed by atoms with Crippen LogP contribution in [0.4, 0.5) is 11.4 Å². The average Bonchev–Trinajstić information content (AvgIpc) is 2.89. The summed E-state index contributed by atoms with van der Waals surface area (Å²) in [5.74, 6) is 0. The van der Waals surface area contributed by atoms with Crippen LogP contribution in [-0.2, 0) is 6.54 Å². The Bertz CT molecular complexity index is 758. The second kappa shape index (κ2) is 5.48. The van der Waals surface area contributed by atoms with Crippen molar-refractivity contribution in [1.29, 1.82) is 0 Å². The van der Waals surface area contributed by atoms with Gasteiger partial charge in [0.2, 0.25) is 0 Å². The standard InChI is InChI=1S/C17H20N4/c1-13-7-8-15(10-17(13)20(2)3)18-11-14-12-19-21-9-5-4-6-16(14)21/h4-10,12,18H,11H2,1-3H3. The quantitative estimate of drug-likeness (QED) is 0.795. The molecule has 4 nitrogen and oxygen atoms in total. The lowest BCUT2D eigenvalue weighted by Gasteiger charge is -2.17. The van der Waals surface area contributed by atoms with Crippen molar-refractivity contribution in [3.05, 3.63) is 59.9 Å². The number of fused-ring (bicyclic) bond motifs is 1. The van der Waals surface area contributed by atoms with Crippen molar-refractivity contribution in [2.45, 2.75) is 13.5 Å². The van der Waals surface area contributed by atoms with Crippen LogP contribution in [0, 0.1) is 6.92 Å². The first kappa shape index (κ1) is 13.5. The van der Waals surface area contributed by atoms with E-state index in [9.17, 15) is 0 Å². The molecule has 0 aliphatic carbocycles. The van der Waals surface area contributed by atoms with Gasteiger partial charge in [0.1, 0.15) is 0 Å². The maximum Gasteiger partial charge on any atom is 0.0711 e. The van der Waals surface area contributed by atoms with Gasteiger partial charge in [0.15, 0.2) is 0 Å². The van der Waals surface area contributed by atoms with E-state index in [1.54, 1.807) is 0 Å². The fraction of sp³-hybridized carbons (Fsp3) is 0.235. The second-order valence-electron chi connectivity index (χ2n) is 5.45. The molecule has 0 saturated heterocycles. The van der Waals surface area contributed by atoms with Gasteiger partial charge in [0.05, 0.1) is 11.7 Å². The molecule has 2 heterocycles. The average molecular weight is 280 g/mol. The summed E-state index contributed by atoms with van der Waals surface area (Å²) in [6, 6.07) is 12.6. The molecule has 3 aromatic rings. The Morgan fingerprint density at radius 3 is 2.86 bits per heavy atom. The third-order valence-corrected chi connectivity index (χ3v) is 3.68. The second-order valence-corrected chi connectivity index (χ2v) is 5.45. The lowest BCUT2D eigenvalue weighted by Crippen LogP contribution is -2.10. The van der Waals surface area contributed by atoms with Crippen LogP contribution in [-0.4, -0.2) is 23.7 Å². The van der Waals surface area contributed by atoms with Crippen molar-refractivity contribution >= 4 is 16.9 Å². The van der Waals surface area contributed by atoms with Crippen LogP contribution in [0.25, 0.3) is 5.52 Å². The molecule has 0 amide bonds. The molecular formula is C17H20N4. The van der Waals surface area contributed by atoms with Crippen molar-refractivity contribution in [3.63, 3.8) is 0 Å². The number of aromatic nitrogens is 2. The molecule has 2 aromatic heterocycles. The van der Waals surface area contributed by atoms with Crippen molar-refractivity contribution in [2.24, 2.45) is 0 Å². The fourth-order valence-corrected chi connectivity index (χ4v) is 2.52. The lowest BCUT2D eigenvalue weighted by atomic mass is 10.1. The van der Waals surface area contributed by atoms with Gasteiger partial charge < -0.3 is 10.2 Å². The molecule has 0 fully saturated rings. The highest BCUT2D eigenvalue weighted by Gasteiger charge is 2.05. The van der Waals surface area contributed by atoms with E-state index < -0.39 is 0 Å². The van der Waals surface area contributed by atoms with Gasteiger partial charge in [-0.15, -0.1) is 0 Å². The molecule has 1 aromatic carbocycles. The van der Waals surface area contributed by atoms with E-state index >= 15 is 0 Å². The number of nitrogens with one attached hydrogen (secondary N) is 1. The fourth-order valence-electron chi connectivity index (χ4n) is 2.52. The molecule has 4 heteroatoms. The van der Waals surface area contributed by atoms with E-state index in [-0.39, 0.29) is 0 Å². The lowest BCUT2D eigenvalue weighted by molar-refractivity contribution is 0.961. The number of hydrogen-bond acceptors (Lipinski definition) is 3. The Kier molecular flexibility index (Phi) is 3.52. The van der Waals surface area contributed by atoms with Gasteiger partial charge in [-0.05, 0) is 36.8 Å². The molecule has 21 heavy (non-hydrogen) atoms. The van der Waals surface area contributed by atoms with Crippen LogP contribution in [0.1, 0.15) is 11.1 Å². The van der Waals surface area contributed by atoms with Crippen molar-refractivity contribution in [1.82, 2.24) is 9.61 Å². The van der Waals surface area contributed by atoms with Gasteiger partial charge in [0.25, 0.3) is 0 Å². The zero-order valence-corrected chi connectivity index (χ0v) is 12.7. The Morgan fingerprint density at radius 2 is 2.05 bits per heavy atom. The molecule has 0 bridgehead atoms. The Balaban J connectivity index is 1.80. The summed E-state index contributed by atoms with van der Waals surface area (Å²) in [5, 5.41) is 7.84. The number of pyridine rings is 1. The van der Waals surface area contributed by atoms with E-state index in [0.717, 1.165) is 17.7 Å². The van der Waals surface area contributed by atoms with Gasteiger partial charge in [0, 0.05) is 43.8 Å². The van der Waals surface area contributed by atoms with Gasteiger partial charge in [-0.2, -0.15) is 5.10 Å². The predicted octanol–water partition coefficient (Wildman–Crippen LogP) is 3.32. The number of rotatable bonds is 4. The molecule has 0 aliphatic heterocycles. The summed E-state index contributed by atoms with van der Waals surface area (Å²) >= 11 is 0. The third kappa shape index (κ3) is 2.70. The van der Waals surface area contributed by atoms with Crippen LogP contribution < -0.4 is 10.2 Å². The van der Waals surface area contributed by atoms with E-state index in [0.29, 0.717) is 0 Å². The molecule has 0 spiro atoms. The number of benzene rings is 1. The van der Waals surface area contributed by atoms with Crippen LogP contribution in [0.5, 0.6) is 0 Å². The van der Waals surface area contributed by atoms with Gasteiger partial charge in [-0.3, -0.25) is 0 Å². The summed E-state index contributed by atoms with van der Waals surface area (Å²) in [6.07, 6.45) is 3.89. The van der Waals surface area contributed by atoms with Gasteiger partial charge in [-0.1, -0.05) is 12.1 Å². The molecule has 108 valence electrons. The SMILES string of the molecule is Cc1ccc(NCc2cnn3ccccc23)cc1N(C)C. The first-order valence-electron chi connectivity index (χ1n) is 7.08. The normalized spacial score (nSPS) is 10.8. The van der Waals surface area contributed by atoms with Crippen LogP contribution in [0.15, 0.2) is 48.8 Å². The van der Waals surface area contributed by atoms with E-state index in [2.05, 4.69) is 60.6 Å². The topological polar surface area (TPSA) is 32.6 Å². The maximum absolute atomic E-state index is 4.36. The largest absolute Gasteiger partial charge is 0.381 e. The van der Waals surface area contributed by atoms with Gasteiger partial charge >= 0.3 is 0 Å². The first-order chi connectivity index (χ1) is 10.1. The molecule has 0 atom stereocenters. The number of aryl methyl sites for hydroxylation is 1. The molecule has 0 saturated carbocycles. The van der Waals surface area contributed by atoms with Crippen LogP contribution in [0.2, 0.25) is 0 Å². The number of anilines is 2. The van der Waals surface area contributed by atoms with E-state index in [1.165, 1.54) is 16.8 Å². The first-order valence-corrected chi connectivity index (χ1v) is 7.08. The van der Waals surface area contributed by atoms with E-state index in [4.69, 9.17) is 0 Å². The van der Waals surface area contributed by atoms with Crippen molar-refractivity contribution < 1.29 is 0 Å². The summed E-state index contributed by atoms with van der Waals surface area (Å²) in [6.45, 7) is 2.90. The molecular weight excluding hydrogens is 260 g/mol. The highest BCUT2D eigenvalue weighted by atomic mass is 15.2. The molecule has 1 N–H and O–H groups in total. The number of nitrogens with zero attached hydrogens (tertiary/aromatic N) is 3. The number of hydrogen-bond donors (Lipinski definition) is 1. The Labute approximate surface area is 125 Å². The summed E-state index contributed by atoms with van der Waals surface area (Å²) in [5.41, 5.74) is 5.98. The molecule has 0 radical (unpaired) electrons. The minimum atomic E-state index is 0.767. The molecule has 0 unspecified atom stereocenters. The van der Waals surface area contributed by atoms with Crippen LogP contribution >= 0.6 is 0 Å². The van der Waals surface area contributed by atoms with E-state index in [1.807, 2.05) is 29.0 Å². The zero-order chi connectivity index (χ0) is 14.8. The van der Waals surface area contributed by atoms with Crippen molar-refractivity contribution in [2.75, 3.05) is 24.3 Å². The summed E-state index contributed by atoms with van der Waals surface area (Å²) in [4.78, 5) is 2.13. The highest BCUT2D eigenvalue weighted by Crippen LogP contribution is 2.23. The minimum absolute atomic E-state index is 0.767. The Morgan fingerprint density at radius 1 is 1.19 bits per heavy atom. The minimum Gasteiger partial charge on any atom is -0.381 e. The van der Waals surface area contributed by atoms with Crippen LogP contribution in [0.3, 0.4) is 0 Å². The summed E-state index contributed by atoms with van der Waals surface area (Å²) < 4.78 is 1.90. The highest BCUT2D eigenvalue weighted by molar-refractivity contribution is 5.62. The van der Waals surface area contributed by atoms with Crippen molar-refractivity contribution in [3.8, 4) is 0 Å². The Hall–Kier alpha value is -2.49. The molecule has 0 aliphatic rings. The maximum atomic E-state index is 4.36. The smallest absolute Gasteiger partial charge is 0.0711 e. The molecule has 3 rings (SSSR count). The monoisotopic (exact) mass is 280 g/mol. The third-order valence-electron chi connectivity index (χ3n) is 3.68.